The smallest absolute Gasteiger partial charge is 0.331 e. The van der Waals surface area contributed by atoms with Crippen LogP contribution in [0, 0.1) is 19.8 Å². The van der Waals surface area contributed by atoms with E-state index in [2.05, 4.69) is 11.1 Å². The zero-order chi connectivity index (χ0) is 18.0. The zero-order valence-electron chi connectivity index (χ0n) is 15.2. The van der Waals surface area contributed by atoms with E-state index < -0.39 is 0 Å². The van der Waals surface area contributed by atoms with Crippen LogP contribution in [0.3, 0.4) is 0 Å². The summed E-state index contributed by atoms with van der Waals surface area (Å²) in [7, 11) is 0. The van der Waals surface area contributed by atoms with Crippen molar-refractivity contribution in [3.8, 4) is 11.6 Å². The zero-order valence-corrected chi connectivity index (χ0v) is 15.2. The molecular formula is C20H26N2O3. The Morgan fingerprint density at radius 2 is 1.76 bits per heavy atom. The van der Waals surface area contributed by atoms with E-state index in [1.54, 1.807) is 4.57 Å². The van der Waals surface area contributed by atoms with Gasteiger partial charge in [0.2, 0.25) is 5.88 Å². The van der Waals surface area contributed by atoms with Gasteiger partial charge in [-0.2, -0.15) is 0 Å². The first-order chi connectivity index (χ1) is 12.0. The molecule has 1 aliphatic rings. The van der Waals surface area contributed by atoms with Crippen molar-refractivity contribution in [1.29, 1.82) is 0 Å². The summed E-state index contributed by atoms with van der Waals surface area (Å²) >= 11 is 0. The van der Waals surface area contributed by atoms with Crippen LogP contribution in [-0.4, -0.2) is 9.55 Å². The van der Waals surface area contributed by atoms with Gasteiger partial charge in [0.15, 0.2) is 0 Å². The molecule has 0 saturated heterocycles. The standard InChI is InChI=1S/C20H26N2O3/c1-4-17-18(23)21-20(24)22(12-15-7-5-6-8-15)19(17)25-16-10-13(2)9-14(3)11-16/h9-11,15H,4-8,12H2,1-3H3,(H,21,23,24). The number of aromatic amines is 1. The molecule has 25 heavy (non-hydrogen) atoms. The van der Waals surface area contributed by atoms with Crippen molar-refractivity contribution < 1.29 is 4.74 Å². The summed E-state index contributed by atoms with van der Waals surface area (Å²) in [5, 5.41) is 0. The third-order valence-corrected chi connectivity index (χ3v) is 4.92. The molecule has 1 aromatic heterocycles. The van der Waals surface area contributed by atoms with Gasteiger partial charge in [-0.15, -0.1) is 0 Å². The van der Waals surface area contributed by atoms with Gasteiger partial charge in [0.25, 0.3) is 5.56 Å². The first-order valence-corrected chi connectivity index (χ1v) is 9.10. The van der Waals surface area contributed by atoms with E-state index in [1.807, 2.05) is 32.9 Å². The highest BCUT2D eigenvalue weighted by Gasteiger charge is 2.21. The highest BCUT2D eigenvalue weighted by atomic mass is 16.5. The summed E-state index contributed by atoms with van der Waals surface area (Å²) in [5.74, 6) is 1.53. The molecule has 0 spiro atoms. The molecule has 0 atom stereocenters. The third-order valence-electron chi connectivity index (χ3n) is 4.92. The van der Waals surface area contributed by atoms with Gasteiger partial charge in [-0.05, 0) is 62.3 Å². The molecule has 0 bridgehead atoms. The van der Waals surface area contributed by atoms with E-state index >= 15 is 0 Å². The number of aromatic nitrogens is 2. The van der Waals surface area contributed by atoms with Crippen molar-refractivity contribution in [2.75, 3.05) is 0 Å². The molecule has 134 valence electrons. The molecule has 0 aliphatic heterocycles. The highest BCUT2D eigenvalue weighted by Crippen LogP contribution is 2.29. The summed E-state index contributed by atoms with van der Waals surface area (Å²) in [6.45, 7) is 6.51. The van der Waals surface area contributed by atoms with Crippen molar-refractivity contribution in [3.63, 3.8) is 0 Å². The molecule has 1 N–H and O–H groups in total. The van der Waals surface area contributed by atoms with Crippen LogP contribution in [0.5, 0.6) is 11.6 Å². The van der Waals surface area contributed by atoms with Crippen LogP contribution >= 0.6 is 0 Å². The Morgan fingerprint density at radius 3 is 2.36 bits per heavy atom. The van der Waals surface area contributed by atoms with E-state index in [-0.39, 0.29) is 11.2 Å². The predicted molar refractivity (Wildman–Crippen MR) is 98.6 cm³/mol. The molecule has 1 heterocycles. The molecule has 0 radical (unpaired) electrons. The molecule has 1 fully saturated rings. The summed E-state index contributed by atoms with van der Waals surface area (Å²) in [4.78, 5) is 27.2. The number of nitrogens with zero attached hydrogens (tertiary/aromatic N) is 1. The Kier molecular flexibility index (Phi) is 5.11. The summed E-state index contributed by atoms with van der Waals surface area (Å²) in [6, 6.07) is 5.92. The Labute approximate surface area is 147 Å². The summed E-state index contributed by atoms with van der Waals surface area (Å²) in [5.41, 5.74) is 1.96. The van der Waals surface area contributed by atoms with E-state index in [9.17, 15) is 9.59 Å². The second kappa shape index (κ2) is 7.30. The number of benzene rings is 1. The van der Waals surface area contributed by atoms with Gasteiger partial charge in [-0.3, -0.25) is 14.3 Å². The number of hydrogen-bond acceptors (Lipinski definition) is 3. The SMILES string of the molecule is CCc1c(Oc2cc(C)cc(C)c2)n(CC2CCCC2)c(=O)[nH]c1=O. The van der Waals surface area contributed by atoms with Gasteiger partial charge in [-0.25, -0.2) is 4.79 Å². The van der Waals surface area contributed by atoms with Gasteiger partial charge < -0.3 is 4.74 Å². The van der Waals surface area contributed by atoms with Gasteiger partial charge in [-0.1, -0.05) is 25.8 Å². The van der Waals surface area contributed by atoms with E-state index in [0.717, 1.165) is 24.0 Å². The van der Waals surface area contributed by atoms with E-state index in [4.69, 9.17) is 4.74 Å². The molecule has 5 nitrogen and oxygen atoms in total. The molecule has 2 aromatic rings. The topological polar surface area (TPSA) is 64.1 Å². The van der Waals surface area contributed by atoms with Crippen LogP contribution in [0.1, 0.15) is 49.3 Å². The van der Waals surface area contributed by atoms with Gasteiger partial charge in [0.05, 0.1) is 5.56 Å². The van der Waals surface area contributed by atoms with Crippen molar-refractivity contribution in [2.45, 2.75) is 59.4 Å². The Morgan fingerprint density at radius 1 is 1.12 bits per heavy atom. The number of ether oxygens (including phenoxy) is 1. The van der Waals surface area contributed by atoms with Crippen LogP contribution in [-0.2, 0) is 13.0 Å². The fraction of sp³-hybridized carbons (Fsp3) is 0.500. The highest BCUT2D eigenvalue weighted by molar-refractivity contribution is 5.37. The average Bonchev–Trinajstić information content (AvgIpc) is 3.03. The second-order valence-electron chi connectivity index (χ2n) is 7.08. The maximum Gasteiger partial charge on any atom is 0.331 e. The Bertz CT molecular complexity index is 853. The van der Waals surface area contributed by atoms with Crippen LogP contribution in [0.4, 0.5) is 0 Å². The van der Waals surface area contributed by atoms with Crippen LogP contribution in [0.2, 0.25) is 0 Å². The molecule has 1 aromatic carbocycles. The maximum atomic E-state index is 12.5. The molecule has 1 saturated carbocycles. The Hall–Kier alpha value is -2.30. The predicted octanol–water partition coefficient (Wildman–Crippen LogP) is 3.70. The van der Waals surface area contributed by atoms with Crippen molar-refractivity contribution in [3.05, 3.63) is 55.7 Å². The quantitative estimate of drug-likeness (QED) is 0.901. The van der Waals surface area contributed by atoms with Crippen LogP contribution < -0.4 is 16.0 Å². The lowest BCUT2D eigenvalue weighted by Crippen LogP contribution is -2.34. The largest absolute Gasteiger partial charge is 0.440 e. The van der Waals surface area contributed by atoms with Crippen molar-refractivity contribution in [1.82, 2.24) is 9.55 Å². The average molecular weight is 342 g/mol. The molecule has 3 rings (SSSR count). The van der Waals surface area contributed by atoms with Crippen LogP contribution in [0.15, 0.2) is 27.8 Å². The molecule has 0 unspecified atom stereocenters. The number of nitrogens with one attached hydrogen (secondary N) is 1. The minimum Gasteiger partial charge on any atom is -0.440 e. The molecule has 1 aliphatic carbocycles. The lowest BCUT2D eigenvalue weighted by atomic mass is 10.1. The minimum atomic E-state index is -0.381. The number of aryl methyl sites for hydroxylation is 2. The summed E-state index contributed by atoms with van der Waals surface area (Å²) in [6.07, 6.45) is 5.17. The van der Waals surface area contributed by atoms with Crippen molar-refractivity contribution in [2.24, 2.45) is 5.92 Å². The fourth-order valence-electron chi connectivity index (χ4n) is 3.74. The fourth-order valence-corrected chi connectivity index (χ4v) is 3.74. The molecule has 0 amide bonds. The van der Waals surface area contributed by atoms with E-state index in [1.165, 1.54) is 12.8 Å². The molecule has 5 heteroatoms. The lowest BCUT2D eigenvalue weighted by molar-refractivity contribution is 0.364. The first kappa shape index (κ1) is 17.5. The Balaban J connectivity index is 2.07. The van der Waals surface area contributed by atoms with Gasteiger partial charge in [0.1, 0.15) is 5.75 Å². The normalized spacial score (nSPS) is 14.8. The third kappa shape index (κ3) is 3.86. The van der Waals surface area contributed by atoms with Gasteiger partial charge in [0, 0.05) is 6.54 Å². The maximum absolute atomic E-state index is 12.5. The van der Waals surface area contributed by atoms with E-state index in [0.29, 0.717) is 36.1 Å². The number of hydrogen-bond donors (Lipinski definition) is 1. The van der Waals surface area contributed by atoms with Crippen LogP contribution in [0.25, 0.3) is 0 Å². The monoisotopic (exact) mass is 342 g/mol. The van der Waals surface area contributed by atoms with Crippen molar-refractivity contribution >= 4 is 0 Å². The lowest BCUT2D eigenvalue weighted by Gasteiger charge is -2.19. The first-order valence-electron chi connectivity index (χ1n) is 9.10. The minimum absolute atomic E-state index is 0.352. The second-order valence-corrected chi connectivity index (χ2v) is 7.08. The number of rotatable bonds is 5. The summed E-state index contributed by atoms with van der Waals surface area (Å²) < 4.78 is 7.73. The van der Waals surface area contributed by atoms with Gasteiger partial charge >= 0.3 is 5.69 Å². The molecular weight excluding hydrogens is 316 g/mol. The number of H-pyrrole nitrogens is 1.